The molecule has 0 fully saturated rings. The molecule has 0 aromatic rings. The number of hydrogen-bond donors (Lipinski definition) is 3. The molecule has 0 saturated heterocycles. The number of nitrogens with one attached hydrogen (secondary N) is 1. The number of alkyl carbamates (subject to hydrolysis) is 1. The summed E-state index contributed by atoms with van der Waals surface area (Å²) < 4.78 is 4.87. The molecule has 26 heavy (non-hydrogen) atoms. The van der Waals surface area contributed by atoms with E-state index in [1.807, 2.05) is 0 Å². The molecule has 0 spiro atoms. The van der Waals surface area contributed by atoms with Crippen molar-refractivity contribution < 1.29 is 19.7 Å². The van der Waals surface area contributed by atoms with Crippen LogP contribution in [-0.2, 0) is 4.74 Å². The van der Waals surface area contributed by atoms with Crippen molar-refractivity contribution >= 4 is 6.09 Å². The maximum Gasteiger partial charge on any atom is 0.407 e. The van der Waals surface area contributed by atoms with Crippen molar-refractivity contribution in [2.75, 3.05) is 19.8 Å². The molecule has 0 saturated carbocycles. The van der Waals surface area contributed by atoms with E-state index in [0.717, 1.165) is 6.42 Å². The molecule has 0 heterocycles. The summed E-state index contributed by atoms with van der Waals surface area (Å²) in [5.41, 5.74) is 0. The number of carbonyl (C=O) groups is 1. The van der Waals surface area contributed by atoms with Gasteiger partial charge in [-0.15, -0.1) is 0 Å². The number of rotatable bonds is 18. The van der Waals surface area contributed by atoms with Gasteiger partial charge in [0.15, 0.2) is 0 Å². The van der Waals surface area contributed by atoms with Gasteiger partial charge in [-0.2, -0.15) is 0 Å². The van der Waals surface area contributed by atoms with Gasteiger partial charge in [-0.25, -0.2) is 4.79 Å². The van der Waals surface area contributed by atoms with Crippen molar-refractivity contribution in [2.45, 2.75) is 103 Å². The monoisotopic (exact) mass is 373 g/mol. The summed E-state index contributed by atoms with van der Waals surface area (Å²) in [7, 11) is 0. The van der Waals surface area contributed by atoms with Crippen molar-refractivity contribution in [3.05, 3.63) is 0 Å². The molecule has 1 atom stereocenters. The van der Waals surface area contributed by atoms with Gasteiger partial charge in [0.25, 0.3) is 0 Å². The van der Waals surface area contributed by atoms with Gasteiger partial charge in [0.05, 0.1) is 13.2 Å². The molecular weight excluding hydrogens is 330 g/mol. The van der Waals surface area contributed by atoms with Gasteiger partial charge in [0.2, 0.25) is 0 Å². The lowest BCUT2D eigenvalue weighted by molar-refractivity contribution is 0.0219. The molecule has 3 N–H and O–H groups in total. The maximum absolute atomic E-state index is 11.5. The Kier molecular flexibility index (Phi) is 18.4. The van der Waals surface area contributed by atoms with Gasteiger partial charge in [-0.1, -0.05) is 90.9 Å². The lowest BCUT2D eigenvalue weighted by Crippen LogP contribution is -2.34. The van der Waals surface area contributed by atoms with Crippen LogP contribution in [-0.4, -0.2) is 42.2 Å². The van der Waals surface area contributed by atoms with Gasteiger partial charge in [-0.05, 0) is 12.3 Å². The van der Waals surface area contributed by atoms with Crippen LogP contribution in [0.3, 0.4) is 0 Å². The van der Waals surface area contributed by atoms with E-state index in [4.69, 9.17) is 14.9 Å². The van der Waals surface area contributed by atoms with Gasteiger partial charge < -0.3 is 20.3 Å². The number of aliphatic hydroxyl groups is 2. The Morgan fingerprint density at radius 1 is 0.846 bits per heavy atom. The minimum Gasteiger partial charge on any atom is -0.441 e. The van der Waals surface area contributed by atoms with Crippen molar-refractivity contribution in [3.63, 3.8) is 0 Å². The van der Waals surface area contributed by atoms with Crippen LogP contribution in [0, 0.1) is 5.92 Å². The molecule has 5 nitrogen and oxygen atoms in total. The van der Waals surface area contributed by atoms with Gasteiger partial charge >= 0.3 is 6.09 Å². The summed E-state index contributed by atoms with van der Waals surface area (Å²) in [6, 6.07) is 0. The predicted molar refractivity (Wildman–Crippen MR) is 107 cm³/mol. The quantitative estimate of drug-likeness (QED) is 0.302. The smallest absolute Gasteiger partial charge is 0.407 e. The summed E-state index contributed by atoms with van der Waals surface area (Å²) in [5.74, 6) is 0.410. The average molecular weight is 374 g/mol. The first kappa shape index (κ1) is 25.2. The largest absolute Gasteiger partial charge is 0.441 e. The minimum atomic E-state index is -0.832. The highest BCUT2D eigenvalue weighted by molar-refractivity contribution is 5.67. The Morgan fingerprint density at radius 3 is 1.77 bits per heavy atom. The molecule has 5 heteroatoms. The third kappa shape index (κ3) is 16.6. The fraction of sp³-hybridized carbons (Fsp3) is 0.952. The normalized spacial score (nSPS) is 12.3. The van der Waals surface area contributed by atoms with E-state index < -0.39 is 12.2 Å². The molecule has 0 bridgehead atoms. The Bertz CT molecular complexity index is 308. The number of carbonyl (C=O) groups excluding carboxylic acids is 1. The first-order chi connectivity index (χ1) is 12.6. The number of ether oxygens (including phenoxy) is 1. The highest BCUT2D eigenvalue weighted by atomic mass is 16.6. The predicted octanol–water partition coefficient (Wildman–Crippen LogP) is 4.79. The van der Waals surface area contributed by atoms with Crippen molar-refractivity contribution in [3.8, 4) is 0 Å². The van der Waals surface area contributed by atoms with Crippen molar-refractivity contribution in [1.29, 1.82) is 0 Å². The topological polar surface area (TPSA) is 78.8 Å². The summed E-state index contributed by atoms with van der Waals surface area (Å²) in [6.07, 6.45) is 15.9. The molecule has 0 aliphatic carbocycles. The second-order valence-corrected chi connectivity index (χ2v) is 7.56. The zero-order chi connectivity index (χ0) is 19.5. The van der Waals surface area contributed by atoms with E-state index in [9.17, 15) is 4.79 Å². The molecule has 156 valence electrons. The van der Waals surface area contributed by atoms with E-state index in [1.54, 1.807) is 0 Å². The standard InChI is InChI=1S/C21H43NO4/c1-3-4-5-6-7-8-9-10-11-12-13-14-15-19(2)16-22-21(25)26-20(17-23)18-24/h19-20,23-24H,3-18H2,1-2H3,(H,22,25). The van der Waals surface area contributed by atoms with Crippen LogP contribution < -0.4 is 5.32 Å². The average Bonchev–Trinajstić information content (AvgIpc) is 2.65. The fourth-order valence-corrected chi connectivity index (χ4v) is 3.02. The first-order valence-electron chi connectivity index (χ1n) is 10.8. The van der Waals surface area contributed by atoms with Gasteiger partial charge in [0, 0.05) is 6.54 Å². The zero-order valence-corrected chi connectivity index (χ0v) is 17.2. The van der Waals surface area contributed by atoms with E-state index in [0.29, 0.717) is 12.5 Å². The van der Waals surface area contributed by atoms with E-state index >= 15 is 0 Å². The second-order valence-electron chi connectivity index (χ2n) is 7.56. The Hall–Kier alpha value is -0.810. The summed E-state index contributed by atoms with van der Waals surface area (Å²) >= 11 is 0. The third-order valence-electron chi connectivity index (χ3n) is 4.83. The zero-order valence-electron chi connectivity index (χ0n) is 17.2. The minimum absolute atomic E-state index is 0.363. The first-order valence-corrected chi connectivity index (χ1v) is 10.8. The molecule has 1 unspecified atom stereocenters. The number of hydrogen-bond acceptors (Lipinski definition) is 4. The molecule has 0 aliphatic rings. The lowest BCUT2D eigenvalue weighted by atomic mass is 10.0. The summed E-state index contributed by atoms with van der Waals surface area (Å²) in [5, 5.41) is 20.4. The van der Waals surface area contributed by atoms with Crippen LogP contribution in [0.15, 0.2) is 0 Å². The highest BCUT2D eigenvalue weighted by Gasteiger charge is 2.12. The highest BCUT2D eigenvalue weighted by Crippen LogP contribution is 2.14. The van der Waals surface area contributed by atoms with Crippen LogP contribution in [0.25, 0.3) is 0 Å². The van der Waals surface area contributed by atoms with Crippen LogP contribution in [0.4, 0.5) is 4.79 Å². The lowest BCUT2D eigenvalue weighted by Gasteiger charge is -2.16. The van der Waals surface area contributed by atoms with Crippen LogP contribution in [0.2, 0.25) is 0 Å². The molecule has 0 aromatic heterocycles. The van der Waals surface area contributed by atoms with E-state index in [2.05, 4.69) is 19.2 Å². The van der Waals surface area contributed by atoms with Gasteiger partial charge in [-0.3, -0.25) is 0 Å². The summed E-state index contributed by atoms with van der Waals surface area (Å²) in [4.78, 5) is 11.5. The Balaban J connectivity index is 3.36. The van der Waals surface area contributed by atoms with Crippen LogP contribution in [0.5, 0.6) is 0 Å². The fourth-order valence-electron chi connectivity index (χ4n) is 3.02. The SMILES string of the molecule is CCCCCCCCCCCCCCC(C)CNC(=O)OC(CO)CO. The third-order valence-corrected chi connectivity index (χ3v) is 4.83. The Labute approximate surface area is 160 Å². The second kappa shape index (κ2) is 19.0. The molecule has 1 amide bonds. The number of unbranched alkanes of at least 4 members (excludes halogenated alkanes) is 11. The number of aliphatic hydroxyl groups excluding tert-OH is 2. The molecular formula is C21H43NO4. The van der Waals surface area contributed by atoms with Crippen LogP contribution in [0.1, 0.15) is 97.3 Å². The number of amides is 1. The van der Waals surface area contributed by atoms with E-state index in [1.165, 1.54) is 77.0 Å². The maximum atomic E-state index is 11.5. The molecule has 0 radical (unpaired) electrons. The van der Waals surface area contributed by atoms with E-state index in [-0.39, 0.29) is 13.2 Å². The van der Waals surface area contributed by atoms with Gasteiger partial charge in [0.1, 0.15) is 6.10 Å². The molecule has 0 rings (SSSR count). The Morgan fingerprint density at radius 2 is 1.31 bits per heavy atom. The van der Waals surface area contributed by atoms with Crippen LogP contribution >= 0.6 is 0 Å². The molecule has 0 aromatic carbocycles. The molecule has 0 aliphatic heterocycles. The summed E-state index contributed by atoms with van der Waals surface area (Å²) in [6.45, 7) is 4.23. The van der Waals surface area contributed by atoms with Crippen molar-refractivity contribution in [2.24, 2.45) is 5.92 Å². The van der Waals surface area contributed by atoms with Crippen molar-refractivity contribution in [1.82, 2.24) is 5.32 Å².